The van der Waals surface area contributed by atoms with E-state index < -0.39 is 0 Å². The van der Waals surface area contributed by atoms with E-state index in [-0.39, 0.29) is 109 Å². The van der Waals surface area contributed by atoms with E-state index in [0.717, 1.165) is 0 Å². The van der Waals surface area contributed by atoms with E-state index in [2.05, 4.69) is 0 Å². The second-order valence-corrected chi connectivity index (χ2v) is 0. The van der Waals surface area contributed by atoms with Gasteiger partial charge in [-0.05, 0) is 0 Å². The van der Waals surface area contributed by atoms with Crippen LogP contribution in [0.3, 0.4) is 0 Å². The molecule has 0 nitrogen and oxygen atoms in total. The molecule has 0 unspecified atom stereocenters. The fourth-order valence-corrected chi connectivity index (χ4v) is 0. The Morgan fingerprint density at radius 3 is 0.400 bits per heavy atom. The van der Waals surface area contributed by atoms with Gasteiger partial charge < -0.3 is 67.9 Å². The zero-order valence-corrected chi connectivity index (χ0v) is 11.6. The average Bonchev–Trinajstić information content (AvgIpc) is 0. The van der Waals surface area contributed by atoms with Gasteiger partial charge >= 0.3 is 0 Å². The van der Waals surface area contributed by atoms with E-state index in [1.807, 2.05) is 0 Å². The Bertz CT molecular complexity index is 3.61. The van der Waals surface area contributed by atoms with Gasteiger partial charge in [-0.1, -0.05) is 0 Å². The topological polar surface area (TPSA) is 0 Å². The summed E-state index contributed by atoms with van der Waals surface area (Å²) in [6.45, 7) is 0. The van der Waals surface area contributed by atoms with Crippen molar-refractivity contribution in [1.29, 1.82) is 0 Å². The van der Waals surface area contributed by atoms with Crippen molar-refractivity contribution in [2.24, 2.45) is 0 Å². The van der Waals surface area contributed by atoms with Crippen molar-refractivity contribution in [3.8, 4) is 0 Å². The smallest absolute Gasteiger partial charge is 0 e. The van der Waals surface area contributed by atoms with Crippen LogP contribution < -0.4 is 67.9 Å². The van der Waals surface area contributed by atoms with Crippen molar-refractivity contribution in [2.45, 2.75) is 0 Å². The van der Waals surface area contributed by atoms with Crippen molar-refractivity contribution in [2.75, 3.05) is 0 Å². The molecule has 0 N–H and O–H groups in total. The summed E-state index contributed by atoms with van der Waals surface area (Å²) in [5, 5.41) is 0. The van der Waals surface area contributed by atoms with Gasteiger partial charge in [-0.3, -0.25) is 0 Å². The van der Waals surface area contributed by atoms with Crippen LogP contribution in [0, 0.1) is 40.8 Å². The number of hydrogen-bond donors (Lipinski definition) is 0. The summed E-state index contributed by atoms with van der Waals surface area (Å²) in [4.78, 5) is 0. The first-order valence-electron chi connectivity index (χ1n) is 0. The molecule has 0 saturated carbocycles. The Balaban J connectivity index is 0. The first-order valence-corrected chi connectivity index (χ1v) is 0. The molecule has 0 bridgehead atoms. The van der Waals surface area contributed by atoms with Gasteiger partial charge in [0.2, 0.25) is 0 Å². The summed E-state index contributed by atoms with van der Waals surface area (Å²) in [7, 11) is 0. The average molecular weight is 464 g/mol. The van der Waals surface area contributed by atoms with E-state index in [9.17, 15) is 0 Å². The SMILES string of the molecule is [Br-].[Br-].[Br-].[Br-].[Nd]. The minimum Gasteiger partial charge on any atom is -1.00 e. The summed E-state index contributed by atoms with van der Waals surface area (Å²) in [6.07, 6.45) is 0. The second-order valence-electron chi connectivity index (χ2n) is 0. The van der Waals surface area contributed by atoms with Crippen LogP contribution in [-0.4, -0.2) is 0 Å². The fraction of sp³-hybridized carbons (Fsp3) is 0. The zero-order chi connectivity index (χ0) is 0. The van der Waals surface area contributed by atoms with Gasteiger partial charge in [0.1, 0.15) is 0 Å². The molecule has 0 aromatic heterocycles. The largest absolute Gasteiger partial charge is 1.00 e. The van der Waals surface area contributed by atoms with Crippen LogP contribution in [0.1, 0.15) is 0 Å². The molecule has 0 rings (SSSR count). The molecule has 0 aliphatic carbocycles. The Labute approximate surface area is 106 Å². The minimum atomic E-state index is 0. The van der Waals surface area contributed by atoms with Gasteiger partial charge in [-0.15, -0.1) is 0 Å². The monoisotopic (exact) mass is 458 g/mol. The predicted octanol–water partition coefficient (Wildman–Crippen LogP) is -12.0. The van der Waals surface area contributed by atoms with Crippen molar-refractivity contribution in [1.82, 2.24) is 0 Å². The third kappa shape index (κ3) is 18.9. The van der Waals surface area contributed by atoms with Crippen molar-refractivity contribution >= 4 is 0 Å². The van der Waals surface area contributed by atoms with Gasteiger partial charge in [0, 0.05) is 40.8 Å². The predicted molar refractivity (Wildman–Crippen MR) is 0 cm³/mol. The third-order valence-electron chi connectivity index (χ3n) is 0. The van der Waals surface area contributed by atoms with Gasteiger partial charge in [0.05, 0.1) is 0 Å². The molecule has 0 aromatic rings. The second kappa shape index (κ2) is 26.7. The molecule has 36 valence electrons. The maximum atomic E-state index is 0. The molecule has 0 aliphatic rings. The molecule has 5 heavy (non-hydrogen) atoms. The molecule has 0 saturated heterocycles. The van der Waals surface area contributed by atoms with Crippen LogP contribution in [0.4, 0.5) is 0 Å². The van der Waals surface area contributed by atoms with Crippen LogP contribution >= 0.6 is 0 Å². The van der Waals surface area contributed by atoms with Gasteiger partial charge in [-0.2, -0.15) is 0 Å². The summed E-state index contributed by atoms with van der Waals surface area (Å²) in [6, 6.07) is 0. The summed E-state index contributed by atoms with van der Waals surface area (Å²) >= 11 is 0. The molecule has 5 heteroatoms. The van der Waals surface area contributed by atoms with E-state index in [1.54, 1.807) is 0 Å². The Kier molecular flexibility index (Phi) is 218. The number of halogens is 4. The summed E-state index contributed by atoms with van der Waals surface area (Å²) in [5.74, 6) is 0. The Morgan fingerprint density at radius 1 is 0.400 bits per heavy atom. The molecule has 0 heterocycles. The maximum Gasteiger partial charge on any atom is 0 e. The maximum absolute atomic E-state index is 0. The summed E-state index contributed by atoms with van der Waals surface area (Å²) < 4.78 is 0. The van der Waals surface area contributed by atoms with Gasteiger partial charge in [0.15, 0.2) is 0 Å². The molecule has 0 aromatic carbocycles. The number of hydrogen-bond acceptors (Lipinski definition) is 0. The molecule has 0 spiro atoms. The van der Waals surface area contributed by atoms with E-state index in [4.69, 9.17) is 0 Å². The van der Waals surface area contributed by atoms with E-state index >= 15 is 0 Å². The fourth-order valence-electron chi connectivity index (χ4n) is 0. The first-order chi connectivity index (χ1) is 0. The van der Waals surface area contributed by atoms with E-state index in [0.29, 0.717) is 0 Å². The van der Waals surface area contributed by atoms with Crippen molar-refractivity contribution in [3.63, 3.8) is 0 Å². The van der Waals surface area contributed by atoms with Crippen molar-refractivity contribution < 1.29 is 109 Å². The van der Waals surface area contributed by atoms with E-state index in [1.165, 1.54) is 0 Å². The molecule has 0 amide bonds. The van der Waals surface area contributed by atoms with Crippen LogP contribution in [0.5, 0.6) is 0 Å². The molecular formula is Br4Nd-4. The molecular weight excluding hydrogens is 464 g/mol. The standard InChI is InChI=1S/4BrH.Nd/h4*1H;/p-4. The minimum absolute atomic E-state index is 0. The quantitative estimate of drug-likeness (QED) is 0.335. The van der Waals surface area contributed by atoms with Gasteiger partial charge in [-0.25, -0.2) is 0 Å². The Hall–Kier alpha value is 3.27. The summed E-state index contributed by atoms with van der Waals surface area (Å²) in [5.41, 5.74) is 0. The van der Waals surface area contributed by atoms with Crippen LogP contribution in [0.2, 0.25) is 0 Å². The van der Waals surface area contributed by atoms with Crippen LogP contribution in [-0.2, 0) is 0 Å². The number of rotatable bonds is 0. The molecule has 0 aliphatic heterocycles. The van der Waals surface area contributed by atoms with Gasteiger partial charge in [0.25, 0.3) is 0 Å². The molecule has 0 atom stereocenters. The van der Waals surface area contributed by atoms with Crippen molar-refractivity contribution in [3.05, 3.63) is 0 Å². The molecule has 0 radical (unpaired) electrons. The normalized spacial score (nSPS) is 0. The zero-order valence-electron chi connectivity index (χ0n) is 2.01. The molecule has 0 fully saturated rings. The third-order valence-corrected chi connectivity index (χ3v) is 0. The van der Waals surface area contributed by atoms with Crippen LogP contribution in [0.15, 0.2) is 0 Å². The first kappa shape index (κ1) is 40.9. The Morgan fingerprint density at radius 2 is 0.400 bits per heavy atom. The van der Waals surface area contributed by atoms with Crippen LogP contribution in [0.25, 0.3) is 0 Å².